The van der Waals surface area contributed by atoms with Crippen molar-refractivity contribution in [2.45, 2.75) is 19.4 Å². The van der Waals surface area contributed by atoms with E-state index in [1.807, 2.05) is 25.1 Å². The van der Waals surface area contributed by atoms with Crippen molar-refractivity contribution in [3.05, 3.63) is 57.6 Å². The first-order valence-electron chi connectivity index (χ1n) is 6.64. The molecule has 1 atom stereocenters. The van der Waals surface area contributed by atoms with E-state index in [9.17, 15) is 0 Å². The van der Waals surface area contributed by atoms with Crippen LogP contribution in [0, 0.1) is 0 Å². The van der Waals surface area contributed by atoms with Gasteiger partial charge in [-0.25, -0.2) is 0 Å². The Hall–Kier alpha value is -1.38. The Kier molecular flexibility index (Phi) is 3.77. The molecule has 2 nitrogen and oxygen atoms in total. The van der Waals surface area contributed by atoms with Gasteiger partial charge in [0.15, 0.2) is 0 Å². The molecule has 0 radical (unpaired) electrons. The fourth-order valence-electron chi connectivity index (χ4n) is 2.57. The zero-order chi connectivity index (χ0) is 14.1. The van der Waals surface area contributed by atoms with Crippen LogP contribution in [0.5, 0.6) is 5.75 Å². The van der Waals surface area contributed by atoms with E-state index in [1.165, 1.54) is 5.56 Å². The van der Waals surface area contributed by atoms with Gasteiger partial charge in [0, 0.05) is 15.7 Å². The van der Waals surface area contributed by atoms with Crippen LogP contribution in [0.25, 0.3) is 0 Å². The molecule has 0 spiro atoms. The average Bonchev–Trinajstić information content (AvgIpc) is 2.81. The van der Waals surface area contributed by atoms with E-state index in [2.05, 4.69) is 17.4 Å². The summed E-state index contributed by atoms with van der Waals surface area (Å²) in [5.41, 5.74) is 3.47. The Bertz CT molecular complexity index is 642. The van der Waals surface area contributed by atoms with Crippen LogP contribution in [-0.2, 0) is 6.42 Å². The Morgan fingerprint density at radius 3 is 2.80 bits per heavy atom. The molecular formula is C16H15Cl2NO. The number of fused-ring (bicyclic) bond motifs is 1. The van der Waals surface area contributed by atoms with Gasteiger partial charge in [0.05, 0.1) is 12.6 Å². The van der Waals surface area contributed by atoms with Crippen molar-refractivity contribution in [3.8, 4) is 5.75 Å². The van der Waals surface area contributed by atoms with E-state index >= 15 is 0 Å². The van der Waals surface area contributed by atoms with E-state index in [1.54, 1.807) is 6.07 Å². The quantitative estimate of drug-likeness (QED) is 0.851. The second kappa shape index (κ2) is 5.55. The fraction of sp³-hybridized carbons (Fsp3) is 0.250. The predicted molar refractivity (Wildman–Crippen MR) is 84.1 cm³/mol. The number of nitrogens with one attached hydrogen (secondary N) is 1. The first-order valence-corrected chi connectivity index (χ1v) is 7.40. The van der Waals surface area contributed by atoms with Crippen molar-refractivity contribution in [2.75, 3.05) is 11.9 Å². The summed E-state index contributed by atoms with van der Waals surface area (Å²) in [4.78, 5) is 0. The summed E-state index contributed by atoms with van der Waals surface area (Å²) in [5, 5.41) is 4.86. The Labute approximate surface area is 128 Å². The maximum atomic E-state index is 6.28. The lowest BCUT2D eigenvalue weighted by molar-refractivity contribution is 0.340. The monoisotopic (exact) mass is 307 g/mol. The number of rotatable bonds is 3. The van der Waals surface area contributed by atoms with E-state index in [-0.39, 0.29) is 6.04 Å². The van der Waals surface area contributed by atoms with Gasteiger partial charge in [-0.15, -0.1) is 0 Å². The third-order valence-electron chi connectivity index (χ3n) is 3.48. The summed E-state index contributed by atoms with van der Waals surface area (Å²) in [6, 6.07) is 12.0. The molecule has 0 bridgehead atoms. The SMILES string of the molecule is CCOc1ccc2c(c1)CC(c1ccc(Cl)cc1Cl)N2. The van der Waals surface area contributed by atoms with Crippen LogP contribution in [0.3, 0.4) is 0 Å². The molecular weight excluding hydrogens is 293 g/mol. The fourth-order valence-corrected chi connectivity index (χ4v) is 3.11. The van der Waals surface area contributed by atoms with Gasteiger partial charge in [-0.3, -0.25) is 0 Å². The van der Waals surface area contributed by atoms with Gasteiger partial charge in [-0.05, 0) is 54.8 Å². The summed E-state index contributed by atoms with van der Waals surface area (Å²) >= 11 is 12.2. The normalized spacial score (nSPS) is 16.6. The minimum atomic E-state index is 0.187. The van der Waals surface area contributed by atoms with E-state index in [0.717, 1.165) is 23.4 Å². The van der Waals surface area contributed by atoms with Gasteiger partial charge >= 0.3 is 0 Å². The molecule has 1 N–H and O–H groups in total. The third kappa shape index (κ3) is 2.58. The lowest BCUT2D eigenvalue weighted by atomic mass is 10.0. The van der Waals surface area contributed by atoms with Crippen molar-refractivity contribution in [1.29, 1.82) is 0 Å². The molecule has 0 saturated heterocycles. The predicted octanol–water partition coefficient (Wildman–Crippen LogP) is 5.10. The zero-order valence-corrected chi connectivity index (χ0v) is 12.6. The highest BCUT2D eigenvalue weighted by molar-refractivity contribution is 6.35. The lowest BCUT2D eigenvalue weighted by Crippen LogP contribution is -2.06. The first-order chi connectivity index (χ1) is 9.67. The summed E-state index contributed by atoms with van der Waals surface area (Å²) in [6.45, 7) is 2.67. The van der Waals surface area contributed by atoms with Crippen LogP contribution >= 0.6 is 23.2 Å². The number of benzene rings is 2. The molecule has 20 heavy (non-hydrogen) atoms. The maximum Gasteiger partial charge on any atom is 0.119 e. The molecule has 0 fully saturated rings. The summed E-state index contributed by atoms with van der Waals surface area (Å²) < 4.78 is 5.54. The summed E-state index contributed by atoms with van der Waals surface area (Å²) in [5.74, 6) is 0.913. The average molecular weight is 308 g/mol. The van der Waals surface area contributed by atoms with Crippen LogP contribution < -0.4 is 10.1 Å². The highest BCUT2D eigenvalue weighted by atomic mass is 35.5. The zero-order valence-electron chi connectivity index (χ0n) is 11.1. The first kappa shape index (κ1) is 13.6. The van der Waals surface area contributed by atoms with Crippen LogP contribution in [0.4, 0.5) is 5.69 Å². The smallest absolute Gasteiger partial charge is 0.119 e. The molecule has 1 aliphatic heterocycles. The molecule has 1 aliphatic rings. The maximum absolute atomic E-state index is 6.28. The summed E-state index contributed by atoms with van der Waals surface area (Å²) in [6.07, 6.45) is 0.900. The number of hydrogen-bond donors (Lipinski definition) is 1. The second-order valence-corrected chi connectivity index (χ2v) is 5.66. The molecule has 0 amide bonds. The molecule has 2 aromatic rings. The van der Waals surface area contributed by atoms with Crippen molar-refractivity contribution >= 4 is 28.9 Å². The molecule has 0 saturated carbocycles. The van der Waals surface area contributed by atoms with Gasteiger partial charge in [0.25, 0.3) is 0 Å². The number of hydrogen-bond acceptors (Lipinski definition) is 2. The topological polar surface area (TPSA) is 21.3 Å². The Morgan fingerprint density at radius 1 is 1.20 bits per heavy atom. The van der Waals surface area contributed by atoms with Crippen molar-refractivity contribution < 1.29 is 4.74 Å². The molecule has 0 aromatic heterocycles. The van der Waals surface area contributed by atoms with Gasteiger partial charge in [-0.1, -0.05) is 29.3 Å². The molecule has 104 valence electrons. The van der Waals surface area contributed by atoms with Gasteiger partial charge in [-0.2, -0.15) is 0 Å². The Balaban J connectivity index is 1.86. The molecule has 0 aliphatic carbocycles. The Morgan fingerprint density at radius 2 is 2.05 bits per heavy atom. The van der Waals surface area contributed by atoms with Gasteiger partial charge < -0.3 is 10.1 Å². The van der Waals surface area contributed by atoms with Crippen LogP contribution in [0.15, 0.2) is 36.4 Å². The molecule has 4 heteroatoms. The third-order valence-corrected chi connectivity index (χ3v) is 4.04. The van der Waals surface area contributed by atoms with Gasteiger partial charge in [0.2, 0.25) is 0 Å². The minimum absolute atomic E-state index is 0.187. The van der Waals surface area contributed by atoms with E-state index in [0.29, 0.717) is 16.7 Å². The van der Waals surface area contributed by atoms with Crippen molar-refractivity contribution in [2.24, 2.45) is 0 Å². The number of anilines is 1. The van der Waals surface area contributed by atoms with Gasteiger partial charge in [0.1, 0.15) is 5.75 Å². The standard InChI is InChI=1S/C16H15Cl2NO/c1-2-20-12-4-6-15-10(7-12)8-16(19-15)13-5-3-11(17)9-14(13)18/h3-7,9,16,19H,2,8H2,1H3. The molecule has 1 heterocycles. The number of ether oxygens (including phenoxy) is 1. The largest absolute Gasteiger partial charge is 0.494 e. The molecule has 3 rings (SSSR count). The molecule has 2 aromatic carbocycles. The second-order valence-electron chi connectivity index (χ2n) is 4.82. The van der Waals surface area contributed by atoms with Crippen LogP contribution in [-0.4, -0.2) is 6.61 Å². The van der Waals surface area contributed by atoms with Crippen LogP contribution in [0.2, 0.25) is 10.0 Å². The van der Waals surface area contributed by atoms with Crippen LogP contribution in [0.1, 0.15) is 24.1 Å². The molecule has 1 unspecified atom stereocenters. The van der Waals surface area contributed by atoms with Crippen molar-refractivity contribution in [1.82, 2.24) is 0 Å². The lowest BCUT2D eigenvalue weighted by Gasteiger charge is -2.13. The summed E-state index contributed by atoms with van der Waals surface area (Å²) in [7, 11) is 0. The van der Waals surface area contributed by atoms with Crippen molar-refractivity contribution in [3.63, 3.8) is 0 Å². The minimum Gasteiger partial charge on any atom is -0.494 e. The van der Waals surface area contributed by atoms with E-state index < -0.39 is 0 Å². The highest BCUT2D eigenvalue weighted by Crippen LogP contribution is 2.38. The number of halogens is 2. The van der Waals surface area contributed by atoms with E-state index in [4.69, 9.17) is 27.9 Å². The highest BCUT2D eigenvalue weighted by Gasteiger charge is 2.24.